The molecule has 2 N–H and O–H groups in total. The normalized spacial score (nSPS) is 22.4. The first-order valence-corrected chi connectivity index (χ1v) is 6.83. The molecule has 1 unspecified atom stereocenters. The quantitative estimate of drug-likeness (QED) is 0.853. The lowest BCUT2D eigenvalue weighted by Gasteiger charge is -2.23. The smallest absolute Gasteiger partial charge is 0.0674 e. The van der Waals surface area contributed by atoms with E-state index in [4.69, 9.17) is 10.5 Å². The number of nitrogens with zero attached hydrogens (tertiary/aromatic N) is 1. The predicted octanol–water partition coefficient (Wildman–Crippen LogP) is 2.64. The number of rotatable bonds is 2. The van der Waals surface area contributed by atoms with Crippen molar-refractivity contribution in [2.45, 2.75) is 26.0 Å². The summed E-state index contributed by atoms with van der Waals surface area (Å²) in [5.41, 5.74) is 8.06. The second-order valence-electron chi connectivity index (χ2n) is 4.58. The van der Waals surface area contributed by atoms with Crippen LogP contribution in [0.5, 0.6) is 0 Å². The molecule has 1 aromatic carbocycles. The number of hydrogen-bond donors (Lipinski definition) is 1. The van der Waals surface area contributed by atoms with E-state index in [1.54, 1.807) is 0 Å². The maximum atomic E-state index is 6.02. The minimum atomic E-state index is 0.307. The highest BCUT2D eigenvalue weighted by molar-refractivity contribution is 9.10. The van der Waals surface area contributed by atoms with Crippen molar-refractivity contribution in [3.05, 3.63) is 28.2 Å². The van der Waals surface area contributed by atoms with Gasteiger partial charge in [-0.05, 0) is 25.5 Å². The summed E-state index contributed by atoms with van der Waals surface area (Å²) in [6.45, 7) is 5.93. The Bertz CT molecular complexity index is 363. The molecule has 1 aliphatic rings. The lowest BCUT2D eigenvalue weighted by Crippen LogP contribution is -2.30. The van der Waals surface area contributed by atoms with Gasteiger partial charge >= 0.3 is 0 Å². The van der Waals surface area contributed by atoms with Gasteiger partial charge in [0, 0.05) is 42.0 Å². The molecule has 0 amide bonds. The van der Waals surface area contributed by atoms with Crippen molar-refractivity contribution in [3.63, 3.8) is 0 Å². The van der Waals surface area contributed by atoms with Gasteiger partial charge in [-0.25, -0.2) is 0 Å². The largest absolute Gasteiger partial charge is 0.398 e. The molecular weight excluding hydrogens is 280 g/mol. The van der Waals surface area contributed by atoms with Gasteiger partial charge in [-0.2, -0.15) is 0 Å². The molecule has 0 radical (unpaired) electrons. The molecule has 1 aliphatic heterocycles. The summed E-state index contributed by atoms with van der Waals surface area (Å²) in [5, 5.41) is 0. The van der Waals surface area contributed by atoms with Gasteiger partial charge in [-0.1, -0.05) is 22.0 Å². The third-order valence-corrected chi connectivity index (χ3v) is 3.82. The van der Waals surface area contributed by atoms with Crippen molar-refractivity contribution in [1.82, 2.24) is 4.90 Å². The Morgan fingerprint density at radius 2 is 2.35 bits per heavy atom. The predicted molar refractivity (Wildman–Crippen MR) is 73.9 cm³/mol. The molecule has 94 valence electrons. The number of ether oxygens (including phenoxy) is 1. The molecule has 17 heavy (non-hydrogen) atoms. The summed E-state index contributed by atoms with van der Waals surface area (Å²) in [4.78, 5) is 2.41. The summed E-state index contributed by atoms with van der Waals surface area (Å²) in [6, 6.07) is 5.97. The molecule has 1 atom stereocenters. The van der Waals surface area contributed by atoms with Crippen LogP contribution in [0.1, 0.15) is 18.9 Å². The van der Waals surface area contributed by atoms with E-state index in [1.807, 2.05) is 18.2 Å². The number of hydrogen-bond acceptors (Lipinski definition) is 3. The maximum Gasteiger partial charge on any atom is 0.0674 e. The fraction of sp³-hybridized carbons (Fsp3) is 0.538. The first kappa shape index (κ1) is 12.9. The Morgan fingerprint density at radius 3 is 3.12 bits per heavy atom. The Balaban J connectivity index is 2.09. The van der Waals surface area contributed by atoms with E-state index < -0.39 is 0 Å². The monoisotopic (exact) mass is 298 g/mol. The first-order valence-electron chi connectivity index (χ1n) is 6.03. The molecule has 1 aromatic rings. The second kappa shape index (κ2) is 5.85. The number of nitrogen functional groups attached to an aromatic ring is 1. The zero-order chi connectivity index (χ0) is 12.3. The molecule has 1 fully saturated rings. The Hall–Kier alpha value is -0.580. The first-order chi connectivity index (χ1) is 8.16. The van der Waals surface area contributed by atoms with Gasteiger partial charge in [0.25, 0.3) is 0 Å². The van der Waals surface area contributed by atoms with Gasteiger partial charge in [-0.15, -0.1) is 0 Å². The summed E-state index contributed by atoms with van der Waals surface area (Å²) in [6.07, 6.45) is 1.40. The van der Waals surface area contributed by atoms with Crippen molar-refractivity contribution in [1.29, 1.82) is 0 Å². The molecule has 1 heterocycles. The molecule has 0 bridgehead atoms. The van der Waals surface area contributed by atoms with E-state index in [0.29, 0.717) is 6.10 Å². The third-order valence-electron chi connectivity index (χ3n) is 3.07. The van der Waals surface area contributed by atoms with Crippen LogP contribution in [0.2, 0.25) is 0 Å². The van der Waals surface area contributed by atoms with E-state index in [-0.39, 0.29) is 0 Å². The van der Waals surface area contributed by atoms with Crippen molar-refractivity contribution in [3.8, 4) is 0 Å². The van der Waals surface area contributed by atoms with Crippen molar-refractivity contribution in [2.75, 3.05) is 25.4 Å². The van der Waals surface area contributed by atoms with E-state index in [9.17, 15) is 0 Å². The van der Waals surface area contributed by atoms with Crippen LogP contribution in [-0.4, -0.2) is 30.7 Å². The highest BCUT2D eigenvalue weighted by atomic mass is 79.9. The maximum absolute atomic E-state index is 6.02. The summed E-state index contributed by atoms with van der Waals surface area (Å²) in [5.74, 6) is 0. The van der Waals surface area contributed by atoms with Gasteiger partial charge in [-0.3, -0.25) is 4.90 Å². The highest BCUT2D eigenvalue weighted by Crippen LogP contribution is 2.24. The zero-order valence-corrected chi connectivity index (χ0v) is 11.7. The van der Waals surface area contributed by atoms with E-state index in [0.717, 1.165) is 42.8 Å². The number of halogens is 1. The van der Waals surface area contributed by atoms with Crippen molar-refractivity contribution >= 4 is 21.6 Å². The highest BCUT2D eigenvalue weighted by Gasteiger charge is 2.16. The van der Waals surface area contributed by atoms with E-state index >= 15 is 0 Å². The second-order valence-corrected chi connectivity index (χ2v) is 5.43. The average Bonchev–Trinajstić information content (AvgIpc) is 2.48. The van der Waals surface area contributed by atoms with Crippen molar-refractivity contribution in [2.24, 2.45) is 0 Å². The van der Waals surface area contributed by atoms with Crippen LogP contribution in [0.15, 0.2) is 22.7 Å². The van der Waals surface area contributed by atoms with Gasteiger partial charge in [0.15, 0.2) is 0 Å². The number of nitrogens with two attached hydrogens (primary N) is 1. The van der Waals surface area contributed by atoms with Crippen molar-refractivity contribution < 1.29 is 4.74 Å². The van der Waals surface area contributed by atoms with Crippen LogP contribution in [0, 0.1) is 0 Å². The zero-order valence-electron chi connectivity index (χ0n) is 10.2. The van der Waals surface area contributed by atoms with Crippen LogP contribution in [0.3, 0.4) is 0 Å². The molecule has 0 saturated carbocycles. The van der Waals surface area contributed by atoms with Crippen LogP contribution < -0.4 is 5.73 Å². The van der Waals surface area contributed by atoms with E-state index in [2.05, 4.69) is 27.8 Å². The van der Waals surface area contributed by atoms with Crippen LogP contribution in [0.4, 0.5) is 5.69 Å². The molecule has 4 heteroatoms. The number of anilines is 1. The molecule has 3 nitrogen and oxygen atoms in total. The molecule has 2 rings (SSSR count). The number of benzene rings is 1. The standard InChI is InChI=1S/C13H19BrN2O/c1-10-8-16(6-3-7-17-10)9-11-12(14)4-2-5-13(11)15/h2,4-5,10H,3,6-9,15H2,1H3. The van der Waals surface area contributed by atoms with Crippen LogP contribution in [0.25, 0.3) is 0 Å². The third kappa shape index (κ3) is 3.44. The Labute approximate surface area is 111 Å². The van der Waals surface area contributed by atoms with Gasteiger partial charge in [0.05, 0.1) is 6.10 Å². The van der Waals surface area contributed by atoms with Gasteiger partial charge in [0.1, 0.15) is 0 Å². The molecule has 0 aromatic heterocycles. The minimum Gasteiger partial charge on any atom is -0.398 e. The Kier molecular flexibility index (Phi) is 4.42. The molecule has 0 aliphatic carbocycles. The lowest BCUT2D eigenvalue weighted by molar-refractivity contribution is 0.0668. The summed E-state index contributed by atoms with van der Waals surface area (Å²) >= 11 is 3.57. The van der Waals surface area contributed by atoms with Gasteiger partial charge in [0.2, 0.25) is 0 Å². The lowest BCUT2D eigenvalue weighted by atomic mass is 10.1. The molecule has 1 saturated heterocycles. The summed E-state index contributed by atoms with van der Waals surface area (Å²) in [7, 11) is 0. The SMILES string of the molecule is CC1CN(Cc2c(N)cccc2Br)CCCO1. The molecular formula is C13H19BrN2O. The van der Waals surface area contributed by atoms with E-state index in [1.165, 1.54) is 5.56 Å². The minimum absolute atomic E-state index is 0.307. The summed E-state index contributed by atoms with van der Waals surface area (Å²) < 4.78 is 6.74. The van der Waals surface area contributed by atoms with Crippen LogP contribution in [-0.2, 0) is 11.3 Å². The molecule has 0 spiro atoms. The Morgan fingerprint density at radius 1 is 1.53 bits per heavy atom. The topological polar surface area (TPSA) is 38.5 Å². The van der Waals surface area contributed by atoms with Crippen LogP contribution >= 0.6 is 15.9 Å². The fourth-order valence-electron chi connectivity index (χ4n) is 2.19. The average molecular weight is 299 g/mol. The van der Waals surface area contributed by atoms with Gasteiger partial charge < -0.3 is 10.5 Å². The fourth-order valence-corrected chi connectivity index (χ4v) is 2.70.